The molecule has 0 bridgehead atoms. The first-order valence-corrected chi connectivity index (χ1v) is 10.3. The monoisotopic (exact) mass is 529 g/mol. The summed E-state index contributed by atoms with van der Waals surface area (Å²) in [5, 5.41) is 11.3. The molecule has 30 heavy (non-hydrogen) atoms. The van der Waals surface area contributed by atoms with E-state index < -0.39 is 0 Å². The van der Waals surface area contributed by atoms with Gasteiger partial charge in [0.15, 0.2) is 17.5 Å². The second kappa shape index (κ2) is 12.7. The lowest BCUT2D eigenvalue weighted by Gasteiger charge is -2.20. The highest BCUT2D eigenvalue weighted by Crippen LogP contribution is 2.30. The number of hydrogen-bond donors (Lipinski definition) is 2. The van der Waals surface area contributed by atoms with Crippen LogP contribution in [0.15, 0.2) is 23.2 Å². The van der Waals surface area contributed by atoms with Gasteiger partial charge in [0, 0.05) is 24.8 Å². The summed E-state index contributed by atoms with van der Waals surface area (Å²) in [5.74, 6) is 2.31. The van der Waals surface area contributed by atoms with Crippen LogP contribution in [0.2, 0.25) is 0 Å². The molecule has 2 N–H and O–H groups in total. The maximum Gasteiger partial charge on any atom is 0.192 e. The normalized spacial score (nSPS) is 12.2. The number of benzene rings is 1. The highest BCUT2D eigenvalue weighted by Gasteiger charge is 2.13. The van der Waals surface area contributed by atoms with Gasteiger partial charge in [0.25, 0.3) is 0 Å². The molecule has 0 aliphatic heterocycles. The molecule has 1 heterocycles. The predicted octanol–water partition coefficient (Wildman–Crippen LogP) is 4.27. The minimum atomic E-state index is 0. The van der Waals surface area contributed by atoms with Crippen molar-refractivity contribution < 1.29 is 9.47 Å². The lowest BCUT2D eigenvalue weighted by Crippen LogP contribution is -2.38. The topological polar surface area (TPSA) is 72.7 Å². The van der Waals surface area contributed by atoms with Crippen LogP contribution < -0.4 is 20.1 Å². The van der Waals surface area contributed by atoms with Crippen molar-refractivity contribution in [2.24, 2.45) is 12.0 Å². The Morgan fingerprint density at radius 1 is 1.13 bits per heavy atom. The average Bonchev–Trinajstić information content (AvgIpc) is 2.93. The van der Waals surface area contributed by atoms with Crippen molar-refractivity contribution in [1.82, 2.24) is 20.4 Å². The van der Waals surface area contributed by atoms with Crippen LogP contribution in [0.4, 0.5) is 0 Å². The van der Waals surface area contributed by atoms with E-state index in [-0.39, 0.29) is 30.0 Å². The molecule has 0 spiro atoms. The van der Waals surface area contributed by atoms with E-state index in [1.165, 1.54) is 0 Å². The summed E-state index contributed by atoms with van der Waals surface area (Å²) in [6.45, 7) is 14.8. The highest BCUT2D eigenvalue weighted by molar-refractivity contribution is 14.0. The standard InChI is InChI=1S/C22H35N5O2.HI/c1-8-23-22(24-14-19-16(5)26-27(7)17(19)6)25-15(4)18-11-12-20(28-9-2)21(13-18)29-10-3;/h11-13,15H,8-10,14H2,1-7H3,(H2,23,24,25);1H. The third kappa shape index (κ3) is 6.78. The molecule has 0 radical (unpaired) electrons. The van der Waals surface area contributed by atoms with Gasteiger partial charge in [-0.3, -0.25) is 4.68 Å². The summed E-state index contributed by atoms with van der Waals surface area (Å²) < 4.78 is 13.3. The molecule has 1 aromatic heterocycles. The Labute approximate surface area is 197 Å². The first-order valence-electron chi connectivity index (χ1n) is 10.3. The third-order valence-corrected chi connectivity index (χ3v) is 4.82. The van der Waals surface area contributed by atoms with Crippen molar-refractivity contribution in [2.45, 2.75) is 54.1 Å². The summed E-state index contributed by atoms with van der Waals surface area (Å²) in [7, 11) is 1.96. The van der Waals surface area contributed by atoms with Crippen LogP contribution in [0.1, 0.15) is 56.3 Å². The van der Waals surface area contributed by atoms with Crippen LogP contribution in [0.5, 0.6) is 11.5 Å². The largest absolute Gasteiger partial charge is 0.490 e. The number of hydrogen-bond acceptors (Lipinski definition) is 4. The molecule has 2 rings (SSSR count). The molecule has 7 nitrogen and oxygen atoms in total. The van der Waals surface area contributed by atoms with Crippen LogP contribution in [0, 0.1) is 13.8 Å². The van der Waals surface area contributed by atoms with Crippen molar-refractivity contribution in [3.8, 4) is 11.5 Å². The molecule has 0 amide bonds. The number of halogens is 1. The van der Waals surface area contributed by atoms with Crippen molar-refractivity contribution in [1.29, 1.82) is 0 Å². The highest BCUT2D eigenvalue weighted by atomic mass is 127. The van der Waals surface area contributed by atoms with Gasteiger partial charge >= 0.3 is 0 Å². The van der Waals surface area contributed by atoms with E-state index in [9.17, 15) is 0 Å². The molecule has 1 unspecified atom stereocenters. The van der Waals surface area contributed by atoms with E-state index in [1.807, 2.05) is 44.6 Å². The van der Waals surface area contributed by atoms with Gasteiger partial charge in [-0.05, 0) is 59.2 Å². The third-order valence-electron chi connectivity index (χ3n) is 4.82. The summed E-state index contributed by atoms with van der Waals surface area (Å²) in [6.07, 6.45) is 0. The van der Waals surface area contributed by atoms with Gasteiger partial charge in [0.2, 0.25) is 0 Å². The maximum atomic E-state index is 5.76. The summed E-state index contributed by atoms with van der Waals surface area (Å²) in [6, 6.07) is 6.11. The SMILES string of the molecule is CCNC(=NCc1c(C)nn(C)c1C)NC(C)c1ccc(OCC)c(OCC)c1.I. The second-order valence-electron chi connectivity index (χ2n) is 6.91. The number of ether oxygens (including phenoxy) is 2. The molecular formula is C22H36IN5O2. The molecule has 0 aliphatic rings. The predicted molar refractivity (Wildman–Crippen MR) is 133 cm³/mol. The number of nitrogens with zero attached hydrogens (tertiary/aromatic N) is 3. The van der Waals surface area contributed by atoms with Gasteiger partial charge in [0.1, 0.15) is 0 Å². The average molecular weight is 529 g/mol. The smallest absolute Gasteiger partial charge is 0.192 e. The Kier molecular flexibility index (Phi) is 11.0. The zero-order valence-corrected chi connectivity index (χ0v) is 21.5. The fraction of sp³-hybridized carbons (Fsp3) is 0.545. The van der Waals surface area contributed by atoms with Gasteiger partial charge in [-0.15, -0.1) is 24.0 Å². The van der Waals surface area contributed by atoms with E-state index >= 15 is 0 Å². The fourth-order valence-corrected chi connectivity index (χ4v) is 3.15. The quantitative estimate of drug-likeness (QED) is 0.289. The Morgan fingerprint density at radius 3 is 2.37 bits per heavy atom. The van der Waals surface area contributed by atoms with Crippen molar-refractivity contribution in [3.63, 3.8) is 0 Å². The Bertz CT molecular complexity index is 835. The molecular weight excluding hydrogens is 493 g/mol. The lowest BCUT2D eigenvalue weighted by molar-refractivity contribution is 0.287. The Balaban J connectivity index is 0.00000450. The van der Waals surface area contributed by atoms with Crippen LogP contribution in [0.25, 0.3) is 0 Å². The number of aryl methyl sites for hydroxylation is 2. The Hall–Kier alpha value is -1.97. The van der Waals surface area contributed by atoms with Gasteiger partial charge in [0.05, 0.1) is 31.5 Å². The van der Waals surface area contributed by atoms with Crippen molar-refractivity contribution in [3.05, 3.63) is 40.7 Å². The van der Waals surface area contributed by atoms with Crippen molar-refractivity contribution in [2.75, 3.05) is 19.8 Å². The molecule has 0 aliphatic carbocycles. The van der Waals surface area contributed by atoms with Crippen LogP contribution in [-0.2, 0) is 13.6 Å². The van der Waals surface area contributed by atoms with Gasteiger partial charge < -0.3 is 20.1 Å². The zero-order chi connectivity index (χ0) is 21.4. The van der Waals surface area contributed by atoms with E-state index in [1.54, 1.807) is 0 Å². The molecule has 168 valence electrons. The summed E-state index contributed by atoms with van der Waals surface area (Å²) >= 11 is 0. The number of aliphatic imine (C=N–C) groups is 1. The van der Waals surface area contributed by atoms with Crippen LogP contribution >= 0.6 is 24.0 Å². The number of nitrogens with one attached hydrogen (secondary N) is 2. The number of aromatic nitrogens is 2. The number of guanidine groups is 1. The summed E-state index contributed by atoms with van der Waals surface area (Å²) in [5.41, 5.74) is 4.43. The first kappa shape index (κ1) is 26.1. The van der Waals surface area contributed by atoms with Gasteiger partial charge in [-0.1, -0.05) is 6.07 Å². The molecule has 8 heteroatoms. The minimum absolute atomic E-state index is 0. The van der Waals surface area contributed by atoms with Crippen LogP contribution in [-0.4, -0.2) is 35.5 Å². The maximum absolute atomic E-state index is 5.76. The van der Waals surface area contributed by atoms with E-state index in [2.05, 4.69) is 42.6 Å². The van der Waals surface area contributed by atoms with Crippen LogP contribution in [0.3, 0.4) is 0 Å². The second-order valence-corrected chi connectivity index (χ2v) is 6.91. The van der Waals surface area contributed by atoms with E-state index in [0.29, 0.717) is 19.8 Å². The fourth-order valence-electron chi connectivity index (χ4n) is 3.15. The van der Waals surface area contributed by atoms with Gasteiger partial charge in [-0.25, -0.2) is 4.99 Å². The molecule has 0 fully saturated rings. The van der Waals surface area contributed by atoms with Gasteiger partial charge in [-0.2, -0.15) is 5.10 Å². The van der Waals surface area contributed by atoms with E-state index in [4.69, 9.17) is 14.5 Å². The minimum Gasteiger partial charge on any atom is -0.490 e. The lowest BCUT2D eigenvalue weighted by atomic mass is 10.1. The molecule has 1 aromatic carbocycles. The molecule has 0 saturated carbocycles. The Morgan fingerprint density at radius 2 is 1.80 bits per heavy atom. The molecule has 1 atom stereocenters. The van der Waals surface area contributed by atoms with E-state index in [0.717, 1.165) is 46.5 Å². The molecule has 2 aromatic rings. The number of rotatable bonds is 9. The van der Waals surface area contributed by atoms with Crippen molar-refractivity contribution >= 4 is 29.9 Å². The molecule has 0 saturated heterocycles. The summed E-state index contributed by atoms with van der Waals surface area (Å²) in [4.78, 5) is 4.78. The zero-order valence-electron chi connectivity index (χ0n) is 19.2. The first-order chi connectivity index (χ1) is 13.9.